The summed E-state index contributed by atoms with van der Waals surface area (Å²) in [5.74, 6) is 0.860. The second-order valence-electron chi connectivity index (χ2n) is 9.41. The molecule has 2 aliphatic rings. The highest BCUT2D eigenvalue weighted by Gasteiger charge is 2.38. The Hall–Kier alpha value is -2.49. The Morgan fingerprint density at radius 1 is 1.22 bits per heavy atom. The molecule has 0 saturated carbocycles. The van der Waals surface area contributed by atoms with Crippen molar-refractivity contribution >= 4 is 28.5 Å². The zero-order valence-corrected chi connectivity index (χ0v) is 19.2. The molecule has 0 bridgehead atoms. The first kappa shape index (κ1) is 22.7. The predicted octanol–water partition coefficient (Wildman–Crippen LogP) is 0.858. The predicted molar refractivity (Wildman–Crippen MR) is 123 cm³/mol. The monoisotopic (exact) mass is 442 g/mol. The quantitative estimate of drug-likeness (QED) is 0.613. The van der Waals surface area contributed by atoms with Gasteiger partial charge in [-0.15, -0.1) is 0 Å². The van der Waals surface area contributed by atoms with Gasteiger partial charge in [0.2, 0.25) is 11.8 Å². The van der Waals surface area contributed by atoms with Crippen LogP contribution in [0.25, 0.3) is 11.0 Å². The van der Waals surface area contributed by atoms with E-state index in [-0.39, 0.29) is 24.4 Å². The Balaban J connectivity index is 1.25. The highest BCUT2D eigenvalue weighted by molar-refractivity contribution is 5.94. The number of nitrogens with zero attached hydrogens (tertiary/aromatic N) is 4. The Morgan fingerprint density at radius 3 is 2.69 bits per heavy atom. The molecule has 1 atom stereocenters. The molecule has 9 nitrogen and oxygen atoms in total. The third-order valence-electron chi connectivity index (χ3n) is 6.68. The van der Waals surface area contributed by atoms with Crippen LogP contribution in [-0.2, 0) is 16.6 Å². The van der Waals surface area contributed by atoms with Crippen molar-refractivity contribution in [1.82, 2.24) is 24.7 Å². The van der Waals surface area contributed by atoms with E-state index < -0.39 is 5.60 Å². The van der Waals surface area contributed by atoms with Gasteiger partial charge in [0.15, 0.2) is 0 Å². The second kappa shape index (κ2) is 9.17. The van der Waals surface area contributed by atoms with Crippen molar-refractivity contribution < 1.29 is 14.7 Å². The van der Waals surface area contributed by atoms with Crippen LogP contribution in [0.5, 0.6) is 0 Å². The van der Waals surface area contributed by atoms with E-state index in [9.17, 15) is 14.7 Å². The van der Waals surface area contributed by atoms with Crippen LogP contribution < -0.4 is 10.6 Å². The van der Waals surface area contributed by atoms with E-state index in [2.05, 4.69) is 20.5 Å². The number of rotatable bonds is 6. The van der Waals surface area contributed by atoms with Gasteiger partial charge < -0.3 is 25.2 Å². The van der Waals surface area contributed by atoms with E-state index in [1.165, 1.54) is 0 Å². The van der Waals surface area contributed by atoms with Crippen LogP contribution >= 0.6 is 0 Å². The molecule has 0 aliphatic carbocycles. The lowest BCUT2D eigenvalue weighted by Crippen LogP contribution is -2.50. The summed E-state index contributed by atoms with van der Waals surface area (Å²) < 4.78 is 2.02. The first-order valence-electron chi connectivity index (χ1n) is 11.4. The van der Waals surface area contributed by atoms with Crippen LogP contribution in [0.1, 0.15) is 32.0 Å². The molecule has 2 amide bonds. The van der Waals surface area contributed by atoms with Crippen molar-refractivity contribution in [1.29, 1.82) is 0 Å². The molecule has 9 heteroatoms. The van der Waals surface area contributed by atoms with Gasteiger partial charge >= 0.3 is 0 Å². The maximum Gasteiger partial charge on any atom is 0.238 e. The molecule has 2 saturated heterocycles. The topological polar surface area (TPSA) is 103 Å². The number of anilines is 1. The van der Waals surface area contributed by atoms with Gasteiger partial charge in [0, 0.05) is 58.4 Å². The van der Waals surface area contributed by atoms with Crippen molar-refractivity contribution in [3.05, 3.63) is 24.0 Å². The summed E-state index contributed by atoms with van der Waals surface area (Å²) >= 11 is 0. The number of aryl methyl sites for hydroxylation is 2. The summed E-state index contributed by atoms with van der Waals surface area (Å²) in [5, 5.41) is 17.0. The summed E-state index contributed by atoms with van der Waals surface area (Å²) in [6.45, 7) is 7.29. The molecule has 4 rings (SSSR count). The number of carbonyl (C=O) groups is 2. The number of aromatic nitrogens is 2. The Kier molecular flexibility index (Phi) is 6.50. The van der Waals surface area contributed by atoms with E-state index in [4.69, 9.17) is 0 Å². The summed E-state index contributed by atoms with van der Waals surface area (Å²) in [6, 6.07) is 5.99. The highest BCUT2D eigenvalue weighted by Crippen LogP contribution is 2.24. The molecule has 1 aromatic carbocycles. The summed E-state index contributed by atoms with van der Waals surface area (Å²) in [4.78, 5) is 32.6. The van der Waals surface area contributed by atoms with Crippen LogP contribution in [0.4, 0.5) is 5.69 Å². The van der Waals surface area contributed by atoms with Crippen molar-refractivity contribution in [3.63, 3.8) is 0 Å². The van der Waals surface area contributed by atoms with Crippen LogP contribution in [0.2, 0.25) is 0 Å². The molecule has 174 valence electrons. The number of carbonyl (C=O) groups excluding carboxylic acids is 2. The molecular weight excluding hydrogens is 408 g/mol. The Labute approximate surface area is 188 Å². The fourth-order valence-corrected chi connectivity index (χ4v) is 4.95. The van der Waals surface area contributed by atoms with Gasteiger partial charge in [0.05, 0.1) is 23.2 Å². The summed E-state index contributed by atoms with van der Waals surface area (Å²) in [7, 11) is 1.97. The fourth-order valence-electron chi connectivity index (χ4n) is 4.95. The first-order valence-corrected chi connectivity index (χ1v) is 11.4. The maximum atomic E-state index is 12.6. The van der Waals surface area contributed by atoms with Crippen LogP contribution in [-0.4, -0.2) is 87.2 Å². The van der Waals surface area contributed by atoms with Gasteiger partial charge in [-0.05, 0) is 44.4 Å². The second-order valence-corrected chi connectivity index (χ2v) is 9.41. The number of nitrogens with one attached hydrogen (secondary N) is 2. The molecule has 3 heterocycles. The SMILES string of the molecule is CC(=O)NC1CCN(C[C@]2(O)CCN(CC(=O)Nc3ccc4c(c3)nc(C)n4C)C2)CC1. The molecule has 32 heavy (non-hydrogen) atoms. The molecule has 2 aromatic rings. The minimum absolute atomic E-state index is 0.0156. The summed E-state index contributed by atoms with van der Waals surface area (Å²) in [6.07, 6.45) is 2.47. The van der Waals surface area contributed by atoms with Gasteiger partial charge in [-0.25, -0.2) is 4.98 Å². The third-order valence-corrected chi connectivity index (χ3v) is 6.68. The normalized spacial score (nSPS) is 23.0. The first-order chi connectivity index (χ1) is 15.2. The zero-order valence-electron chi connectivity index (χ0n) is 19.2. The van der Waals surface area contributed by atoms with Crippen LogP contribution in [0.15, 0.2) is 18.2 Å². The molecule has 2 fully saturated rings. The molecule has 0 radical (unpaired) electrons. The van der Waals surface area contributed by atoms with E-state index in [1.807, 2.05) is 41.6 Å². The highest BCUT2D eigenvalue weighted by atomic mass is 16.3. The van der Waals surface area contributed by atoms with E-state index >= 15 is 0 Å². The molecular formula is C23H34N6O3. The lowest BCUT2D eigenvalue weighted by molar-refractivity contribution is -0.120. The number of imidazole rings is 1. The van der Waals surface area contributed by atoms with E-state index in [0.29, 0.717) is 26.1 Å². The molecule has 3 N–H and O–H groups in total. The largest absolute Gasteiger partial charge is 0.387 e. The summed E-state index contributed by atoms with van der Waals surface area (Å²) in [5.41, 5.74) is 1.83. The minimum atomic E-state index is -0.800. The average Bonchev–Trinajstić information content (AvgIpc) is 3.22. The molecule has 1 aromatic heterocycles. The van der Waals surface area contributed by atoms with Crippen molar-refractivity contribution in [2.75, 3.05) is 44.6 Å². The van der Waals surface area contributed by atoms with Crippen LogP contribution in [0.3, 0.4) is 0 Å². The number of likely N-dealkylation sites (tertiary alicyclic amines) is 2. The van der Waals surface area contributed by atoms with Gasteiger partial charge in [-0.3, -0.25) is 14.5 Å². The van der Waals surface area contributed by atoms with Gasteiger partial charge in [-0.1, -0.05) is 0 Å². The molecule has 2 aliphatic heterocycles. The van der Waals surface area contributed by atoms with Crippen molar-refractivity contribution in [2.24, 2.45) is 7.05 Å². The van der Waals surface area contributed by atoms with E-state index in [1.54, 1.807) is 6.92 Å². The van der Waals surface area contributed by atoms with Gasteiger partial charge in [0.25, 0.3) is 0 Å². The lowest BCUT2D eigenvalue weighted by Gasteiger charge is -2.36. The Morgan fingerprint density at radius 2 is 1.97 bits per heavy atom. The minimum Gasteiger partial charge on any atom is -0.387 e. The van der Waals surface area contributed by atoms with Crippen molar-refractivity contribution in [2.45, 2.75) is 44.8 Å². The number of aliphatic hydroxyl groups is 1. The average molecular weight is 443 g/mol. The number of hydrogen-bond acceptors (Lipinski definition) is 6. The zero-order chi connectivity index (χ0) is 22.9. The maximum absolute atomic E-state index is 12.6. The smallest absolute Gasteiger partial charge is 0.238 e. The molecule has 0 spiro atoms. The number of fused-ring (bicyclic) bond motifs is 1. The number of benzene rings is 1. The Bertz CT molecular complexity index is 997. The standard InChI is InChI=1S/C23H34N6O3/c1-16-24-20-12-19(4-5-21(20)27(16)3)26-22(31)13-29-11-8-23(32,15-29)14-28-9-6-18(7-10-28)25-17(2)30/h4-5,12,18,32H,6-11,13-15H2,1-3H3,(H,25,30)(H,26,31)/t23-/m1/s1. The van der Waals surface area contributed by atoms with Gasteiger partial charge in [0.1, 0.15) is 5.82 Å². The van der Waals surface area contributed by atoms with Gasteiger partial charge in [-0.2, -0.15) is 0 Å². The number of hydrogen-bond donors (Lipinski definition) is 3. The number of amides is 2. The molecule has 0 unspecified atom stereocenters. The third kappa shape index (κ3) is 5.28. The lowest BCUT2D eigenvalue weighted by atomic mass is 9.99. The van der Waals surface area contributed by atoms with Crippen molar-refractivity contribution in [3.8, 4) is 0 Å². The fraction of sp³-hybridized carbons (Fsp3) is 0.609. The van der Waals surface area contributed by atoms with E-state index in [0.717, 1.165) is 48.5 Å². The van der Waals surface area contributed by atoms with Crippen LogP contribution in [0, 0.1) is 6.92 Å². The number of piperidine rings is 1. The number of β-amino-alcohol motifs (C(OH)–C–C–N with tert-alkyl or cyclic N) is 1.